The zero-order valence-electron chi connectivity index (χ0n) is 12.0. The first-order valence-corrected chi connectivity index (χ1v) is 8.29. The highest BCUT2D eigenvalue weighted by atomic mass is 32.2. The van der Waals surface area contributed by atoms with E-state index in [2.05, 4.69) is 10.0 Å². The van der Waals surface area contributed by atoms with Gasteiger partial charge in [-0.1, -0.05) is 0 Å². The Morgan fingerprint density at radius 2 is 1.95 bits per heavy atom. The lowest BCUT2D eigenvalue weighted by Gasteiger charge is -2.21. The summed E-state index contributed by atoms with van der Waals surface area (Å²) in [6.07, 6.45) is 0.963. The molecule has 1 heterocycles. The molecule has 4 nitrogen and oxygen atoms in total. The van der Waals surface area contributed by atoms with E-state index in [1.165, 1.54) is 12.1 Å². The largest absolute Gasteiger partial charge is 0.316 e. The first-order valence-electron chi connectivity index (χ1n) is 6.81. The molecule has 2 rings (SSSR count). The van der Waals surface area contributed by atoms with Crippen molar-refractivity contribution in [3.05, 3.63) is 29.1 Å². The van der Waals surface area contributed by atoms with Gasteiger partial charge >= 0.3 is 0 Å². The van der Waals surface area contributed by atoms with Crippen LogP contribution in [0.25, 0.3) is 0 Å². The van der Waals surface area contributed by atoms with Crippen LogP contribution < -0.4 is 10.0 Å². The third-order valence-corrected chi connectivity index (χ3v) is 5.70. The highest BCUT2D eigenvalue weighted by Gasteiger charge is 2.27. The van der Waals surface area contributed by atoms with Gasteiger partial charge in [0.25, 0.3) is 0 Å². The van der Waals surface area contributed by atoms with Crippen LogP contribution in [0.5, 0.6) is 0 Å². The monoisotopic (exact) mass is 300 g/mol. The fraction of sp³-hybridized carbons (Fsp3) is 0.571. The lowest BCUT2D eigenvalue weighted by atomic mass is 10.0. The molecule has 0 aromatic heterocycles. The van der Waals surface area contributed by atoms with Gasteiger partial charge in [0.2, 0.25) is 10.0 Å². The number of halogens is 1. The molecule has 0 aliphatic carbocycles. The zero-order valence-corrected chi connectivity index (χ0v) is 12.8. The van der Waals surface area contributed by atoms with Gasteiger partial charge in [-0.2, -0.15) is 0 Å². The molecular formula is C14H21FN2O2S. The minimum absolute atomic E-state index is 0.140. The summed E-state index contributed by atoms with van der Waals surface area (Å²) in [6.45, 7) is 6.86. The molecule has 1 saturated heterocycles. The van der Waals surface area contributed by atoms with Gasteiger partial charge in [-0.3, -0.25) is 0 Å². The molecule has 20 heavy (non-hydrogen) atoms. The summed E-state index contributed by atoms with van der Waals surface area (Å²) in [5, 5.41) is 3.22. The second kappa shape index (κ2) is 5.79. The van der Waals surface area contributed by atoms with E-state index < -0.39 is 15.8 Å². The minimum Gasteiger partial charge on any atom is -0.316 e. The molecule has 1 aliphatic heterocycles. The molecule has 0 spiro atoms. The van der Waals surface area contributed by atoms with E-state index in [1.54, 1.807) is 13.8 Å². The fourth-order valence-corrected chi connectivity index (χ4v) is 4.59. The second-order valence-corrected chi connectivity index (χ2v) is 7.18. The highest BCUT2D eigenvalue weighted by molar-refractivity contribution is 7.89. The summed E-state index contributed by atoms with van der Waals surface area (Å²) >= 11 is 0. The summed E-state index contributed by atoms with van der Waals surface area (Å²) in [7, 11) is -3.62. The Morgan fingerprint density at radius 1 is 1.35 bits per heavy atom. The summed E-state index contributed by atoms with van der Waals surface area (Å²) in [4.78, 5) is 0.191. The lowest BCUT2D eigenvalue weighted by molar-refractivity contribution is 0.444. The summed E-state index contributed by atoms with van der Waals surface area (Å²) in [6, 6.07) is 2.37. The minimum atomic E-state index is -3.62. The Bertz CT molecular complexity index is 572. The molecule has 1 fully saturated rings. The first kappa shape index (κ1) is 15.4. The second-order valence-electron chi connectivity index (χ2n) is 5.53. The van der Waals surface area contributed by atoms with Crippen molar-refractivity contribution in [2.24, 2.45) is 5.92 Å². The van der Waals surface area contributed by atoms with Crippen molar-refractivity contribution in [2.45, 2.75) is 38.1 Å². The average Bonchev–Trinajstić information content (AvgIpc) is 2.78. The van der Waals surface area contributed by atoms with E-state index in [9.17, 15) is 12.8 Å². The van der Waals surface area contributed by atoms with Crippen LogP contribution in [-0.2, 0) is 10.0 Å². The molecular weight excluding hydrogens is 279 g/mol. The molecule has 1 aromatic carbocycles. The van der Waals surface area contributed by atoms with Crippen LogP contribution in [0.4, 0.5) is 4.39 Å². The average molecular weight is 300 g/mol. The van der Waals surface area contributed by atoms with E-state index in [4.69, 9.17) is 0 Å². The van der Waals surface area contributed by atoms with Crippen molar-refractivity contribution in [1.82, 2.24) is 10.0 Å². The van der Waals surface area contributed by atoms with Crippen LogP contribution in [0.3, 0.4) is 0 Å². The molecule has 0 saturated carbocycles. The maximum atomic E-state index is 13.3. The molecule has 6 heteroatoms. The number of rotatable bonds is 4. The van der Waals surface area contributed by atoms with E-state index >= 15 is 0 Å². The van der Waals surface area contributed by atoms with Gasteiger partial charge in [0.1, 0.15) is 5.82 Å². The number of benzene rings is 1. The maximum Gasteiger partial charge on any atom is 0.241 e. The van der Waals surface area contributed by atoms with Gasteiger partial charge < -0.3 is 5.32 Å². The van der Waals surface area contributed by atoms with E-state index in [1.807, 2.05) is 6.92 Å². The standard InChI is InChI=1S/C14H21FN2O2S/c1-9-6-13(15)7-10(2)14(9)20(18,19)17-11(3)12-4-5-16-8-12/h6-7,11-12,16-17H,4-5,8H2,1-3H3. The Balaban J connectivity index is 2.26. The quantitative estimate of drug-likeness (QED) is 0.890. The fourth-order valence-electron chi connectivity index (χ4n) is 2.82. The Hall–Kier alpha value is -0.980. The predicted octanol–water partition coefficient (Wildman–Crippen LogP) is 1.72. The molecule has 112 valence electrons. The van der Waals surface area contributed by atoms with Gasteiger partial charge in [0.05, 0.1) is 4.90 Å². The number of hydrogen-bond donors (Lipinski definition) is 2. The molecule has 0 amide bonds. The van der Waals surface area contributed by atoms with Crippen molar-refractivity contribution in [1.29, 1.82) is 0 Å². The highest BCUT2D eigenvalue weighted by Crippen LogP contribution is 2.23. The molecule has 1 aromatic rings. The lowest BCUT2D eigenvalue weighted by Crippen LogP contribution is -2.39. The summed E-state index contributed by atoms with van der Waals surface area (Å²) < 4.78 is 41.0. The first-order chi connectivity index (χ1) is 9.31. The molecule has 0 radical (unpaired) electrons. The van der Waals surface area contributed by atoms with Gasteiger partial charge in [-0.15, -0.1) is 0 Å². The van der Waals surface area contributed by atoms with Crippen LogP contribution >= 0.6 is 0 Å². The van der Waals surface area contributed by atoms with Gasteiger partial charge in [0, 0.05) is 6.04 Å². The molecule has 0 bridgehead atoms. The topological polar surface area (TPSA) is 58.2 Å². The van der Waals surface area contributed by atoms with Crippen LogP contribution in [-0.4, -0.2) is 27.5 Å². The number of sulfonamides is 1. The van der Waals surface area contributed by atoms with Crippen molar-refractivity contribution < 1.29 is 12.8 Å². The molecule has 2 N–H and O–H groups in total. The number of nitrogens with one attached hydrogen (secondary N) is 2. The smallest absolute Gasteiger partial charge is 0.241 e. The Labute approximate surface area is 119 Å². The van der Waals surface area contributed by atoms with E-state index in [0.29, 0.717) is 17.0 Å². The van der Waals surface area contributed by atoms with Crippen LogP contribution in [0.2, 0.25) is 0 Å². The van der Waals surface area contributed by atoms with Crippen molar-refractivity contribution in [3.63, 3.8) is 0 Å². The predicted molar refractivity (Wildman–Crippen MR) is 76.6 cm³/mol. The van der Waals surface area contributed by atoms with E-state index in [0.717, 1.165) is 19.5 Å². The number of hydrogen-bond acceptors (Lipinski definition) is 3. The van der Waals surface area contributed by atoms with Crippen molar-refractivity contribution in [3.8, 4) is 0 Å². The number of aryl methyl sites for hydroxylation is 2. The van der Waals surface area contributed by atoms with E-state index in [-0.39, 0.29) is 10.9 Å². The van der Waals surface area contributed by atoms with Gasteiger partial charge in [-0.25, -0.2) is 17.5 Å². The third-order valence-electron chi connectivity index (χ3n) is 3.84. The van der Waals surface area contributed by atoms with Crippen molar-refractivity contribution >= 4 is 10.0 Å². The van der Waals surface area contributed by atoms with Crippen molar-refractivity contribution in [2.75, 3.05) is 13.1 Å². The zero-order chi connectivity index (χ0) is 14.9. The van der Waals surface area contributed by atoms with Gasteiger partial charge in [0.15, 0.2) is 0 Å². The summed E-state index contributed by atoms with van der Waals surface area (Å²) in [5.41, 5.74) is 0.874. The van der Waals surface area contributed by atoms with Crippen LogP contribution in [0.1, 0.15) is 24.5 Å². The molecule has 1 aliphatic rings. The Kier molecular flexibility index (Phi) is 4.46. The van der Waals surface area contributed by atoms with Crippen LogP contribution in [0.15, 0.2) is 17.0 Å². The maximum absolute atomic E-state index is 13.3. The summed E-state index contributed by atoms with van der Waals surface area (Å²) in [5.74, 6) is -0.113. The van der Waals surface area contributed by atoms with Crippen LogP contribution in [0, 0.1) is 25.6 Å². The molecule has 2 atom stereocenters. The molecule has 2 unspecified atom stereocenters. The normalized spacial score (nSPS) is 21.1. The van der Waals surface area contributed by atoms with Gasteiger partial charge in [-0.05, 0) is 69.5 Å². The Morgan fingerprint density at radius 3 is 2.45 bits per heavy atom. The third kappa shape index (κ3) is 3.19. The SMILES string of the molecule is Cc1cc(F)cc(C)c1S(=O)(=O)NC(C)C1CCNC1.